The molecule has 208 valence electrons. The van der Waals surface area contributed by atoms with Crippen molar-refractivity contribution in [3.8, 4) is 16.9 Å². The molecule has 5 rings (SSSR count). The van der Waals surface area contributed by atoms with E-state index in [2.05, 4.69) is 10.1 Å². The summed E-state index contributed by atoms with van der Waals surface area (Å²) in [6.45, 7) is 5.31. The highest BCUT2D eigenvalue weighted by atomic mass is 35.5. The van der Waals surface area contributed by atoms with Gasteiger partial charge in [-0.1, -0.05) is 11.6 Å². The van der Waals surface area contributed by atoms with E-state index < -0.39 is 6.61 Å². The summed E-state index contributed by atoms with van der Waals surface area (Å²) in [4.78, 5) is 12.0. The third kappa shape index (κ3) is 5.73. The first kappa shape index (κ1) is 30.0. The summed E-state index contributed by atoms with van der Waals surface area (Å²) >= 11 is 0. The zero-order valence-electron chi connectivity index (χ0n) is 21.9. The van der Waals surface area contributed by atoms with Crippen LogP contribution in [-0.2, 0) is 11.3 Å². The molecule has 0 saturated carbocycles. The fraction of sp³-hybridized carbons (Fsp3) is 0.500. The number of hydrogen-bond acceptors (Lipinski definition) is 7. The molecule has 1 aromatic carbocycles. The largest absolute Gasteiger partial charge is 0.496 e. The van der Waals surface area contributed by atoms with Gasteiger partial charge in [-0.3, -0.25) is 9.88 Å². The number of pyridine rings is 1. The van der Waals surface area contributed by atoms with Gasteiger partial charge in [0.25, 0.3) is 0 Å². The molecule has 8 nitrogen and oxygen atoms in total. The second kappa shape index (κ2) is 12.5. The molecule has 0 amide bonds. The Bertz CT molecular complexity index is 1370. The lowest BCUT2D eigenvalue weighted by atomic mass is 10.0. The van der Waals surface area contributed by atoms with Crippen LogP contribution < -0.4 is 4.74 Å². The first-order valence-electron chi connectivity index (χ1n) is 12.3. The molecule has 12 heteroatoms. The maximum absolute atomic E-state index is 12.9. The molecule has 1 atom stereocenters. The number of fused-ring (bicyclic) bond motifs is 3. The Morgan fingerprint density at radius 1 is 1.08 bits per heavy atom. The van der Waals surface area contributed by atoms with Crippen molar-refractivity contribution in [2.45, 2.75) is 59.2 Å². The lowest BCUT2D eigenvalue weighted by molar-refractivity contribution is -0.135. The quantitative estimate of drug-likeness (QED) is 0.239. The molecule has 1 aliphatic rings. The van der Waals surface area contributed by atoms with Crippen LogP contribution in [-0.4, -0.2) is 58.0 Å². The fourth-order valence-corrected chi connectivity index (χ4v) is 5.27. The standard InChI is InChI=1S/C26H31F2N5O3.2ClH/c1-15(14-35-26(27)28)33-23(13-32-8-6-5-7-9-32)30-21-12-29-20-10-19(24-16(2)31-36-17(24)3)22(34-4)11-18(20)25(21)33;;/h10-12,15,26H,5-9,13-14H2,1-4H3;2*1H/t15-;;/m1../s1. The average molecular weight is 572 g/mol. The topological polar surface area (TPSA) is 78.4 Å². The van der Waals surface area contributed by atoms with Crippen LogP contribution in [0.5, 0.6) is 5.75 Å². The number of imidazole rings is 1. The molecule has 4 aromatic rings. The highest BCUT2D eigenvalue weighted by Crippen LogP contribution is 2.39. The van der Waals surface area contributed by atoms with E-state index in [1.54, 1.807) is 13.3 Å². The van der Waals surface area contributed by atoms with E-state index in [4.69, 9.17) is 24.0 Å². The van der Waals surface area contributed by atoms with Crippen LogP contribution in [0, 0.1) is 13.8 Å². The molecule has 1 fully saturated rings. The summed E-state index contributed by atoms with van der Waals surface area (Å²) in [5, 5.41) is 4.92. The normalized spacial score (nSPS) is 15.0. The van der Waals surface area contributed by atoms with Crippen molar-refractivity contribution in [1.29, 1.82) is 0 Å². The maximum Gasteiger partial charge on any atom is 0.345 e. The van der Waals surface area contributed by atoms with Crippen LogP contribution in [0.15, 0.2) is 22.9 Å². The zero-order valence-corrected chi connectivity index (χ0v) is 23.5. The number of alkyl halides is 2. The smallest absolute Gasteiger partial charge is 0.345 e. The molecule has 0 unspecified atom stereocenters. The van der Waals surface area contributed by atoms with Crippen LogP contribution >= 0.6 is 24.8 Å². The molecular formula is C26H33Cl2F2N5O3. The van der Waals surface area contributed by atoms with E-state index in [-0.39, 0.29) is 37.5 Å². The summed E-state index contributed by atoms with van der Waals surface area (Å²) in [5.41, 5.74) is 4.76. The van der Waals surface area contributed by atoms with Crippen LogP contribution in [0.2, 0.25) is 0 Å². The van der Waals surface area contributed by atoms with E-state index in [9.17, 15) is 8.78 Å². The van der Waals surface area contributed by atoms with Gasteiger partial charge in [0.15, 0.2) is 0 Å². The highest BCUT2D eigenvalue weighted by Gasteiger charge is 2.24. The average Bonchev–Trinajstić information content (AvgIpc) is 3.41. The molecule has 3 aromatic heterocycles. The Balaban J connectivity index is 0.00000200. The molecule has 0 aliphatic carbocycles. The van der Waals surface area contributed by atoms with Gasteiger partial charge in [-0.25, -0.2) is 4.98 Å². The molecular weight excluding hydrogens is 539 g/mol. The number of aromatic nitrogens is 4. The number of ether oxygens (including phenoxy) is 2. The molecule has 0 N–H and O–H groups in total. The van der Waals surface area contributed by atoms with Gasteiger partial charge in [-0.05, 0) is 58.8 Å². The van der Waals surface area contributed by atoms with Gasteiger partial charge in [0.2, 0.25) is 0 Å². The minimum atomic E-state index is -2.83. The number of methoxy groups -OCH3 is 1. The highest BCUT2D eigenvalue weighted by molar-refractivity contribution is 6.05. The van der Waals surface area contributed by atoms with Crippen LogP contribution in [0.1, 0.15) is 49.5 Å². The van der Waals surface area contributed by atoms with Crippen molar-refractivity contribution in [3.63, 3.8) is 0 Å². The van der Waals surface area contributed by atoms with Gasteiger partial charge >= 0.3 is 6.61 Å². The molecule has 0 bridgehead atoms. The van der Waals surface area contributed by atoms with Crippen molar-refractivity contribution in [2.24, 2.45) is 0 Å². The monoisotopic (exact) mass is 571 g/mol. The second-order valence-electron chi connectivity index (χ2n) is 9.44. The second-order valence-corrected chi connectivity index (χ2v) is 9.44. The predicted octanol–water partition coefficient (Wildman–Crippen LogP) is 6.49. The first-order chi connectivity index (χ1) is 17.4. The number of aryl methyl sites for hydroxylation is 2. The minimum absolute atomic E-state index is 0. The number of benzene rings is 1. The number of nitrogens with zero attached hydrogens (tertiary/aromatic N) is 5. The molecule has 4 heterocycles. The van der Waals surface area contributed by atoms with Crippen molar-refractivity contribution < 1.29 is 22.8 Å². The SMILES string of the molecule is COc1cc2c(cc1-c1c(C)noc1C)ncc1nc(CN3CCCCC3)n([C@H](C)COC(F)F)c12.Cl.Cl. The fourth-order valence-electron chi connectivity index (χ4n) is 5.27. The third-order valence-electron chi connectivity index (χ3n) is 6.93. The van der Waals surface area contributed by atoms with E-state index in [0.29, 0.717) is 23.6 Å². The van der Waals surface area contributed by atoms with Crippen LogP contribution in [0.3, 0.4) is 0 Å². The molecule has 38 heavy (non-hydrogen) atoms. The zero-order chi connectivity index (χ0) is 25.4. The van der Waals surface area contributed by atoms with E-state index in [0.717, 1.165) is 65.0 Å². The first-order valence-corrected chi connectivity index (χ1v) is 12.3. The number of hydrogen-bond donors (Lipinski definition) is 0. The third-order valence-corrected chi connectivity index (χ3v) is 6.93. The van der Waals surface area contributed by atoms with E-state index in [1.807, 2.05) is 37.5 Å². The summed E-state index contributed by atoms with van der Waals surface area (Å²) in [7, 11) is 1.62. The van der Waals surface area contributed by atoms with Crippen LogP contribution in [0.25, 0.3) is 33.1 Å². The molecule has 1 aliphatic heterocycles. The van der Waals surface area contributed by atoms with Gasteiger partial charge < -0.3 is 18.6 Å². The van der Waals surface area contributed by atoms with Gasteiger partial charge in [0.05, 0.1) is 54.8 Å². The minimum Gasteiger partial charge on any atom is -0.496 e. The summed E-state index contributed by atoms with van der Waals surface area (Å²) in [6, 6.07) is 3.54. The van der Waals surface area contributed by atoms with Gasteiger partial charge in [-0.15, -0.1) is 24.8 Å². The van der Waals surface area contributed by atoms with E-state index >= 15 is 0 Å². The predicted molar refractivity (Wildman–Crippen MR) is 147 cm³/mol. The number of halogens is 4. The van der Waals surface area contributed by atoms with E-state index in [1.165, 1.54) is 6.42 Å². The number of rotatable bonds is 8. The Morgan fingerprint density at radius 2 is 1.82 bits per heavy atom. The van der Waals surface area contributed by atoms with Gasteiger partial charge in [-0.2, -0.15) is 8.78 Å². The number of piperidine rings is 1. The molecule has 1 saturated heterocycles. The molecule has 0 spiro atoms. The summed E-state index contributed by atoms with van der Waals surface area (Å²) < 4.78 is 43.8. The summed E-state index contributed by atoms with van der Waals surface area (Å²) in [5.74, 6) is 2.16. The van der Waals surface area contributed by atoms with Crippen molar-refractivity contribution >= 4 is 46.8 Å². The lowest BCUT2D eigenvalue weighted by Gasteiger charge is -2.27. The lowest BCUT2D eigenvalue weighted by Crippen LogP contribution is -2.31. The van der Waals surface area contributed by atoms with Gasteiger partial charge in [0.1, 0.15) is 22.9 Å². The molecule has 0 radical (unpaired) electrons. The summed E-state index contributed by atoms with van der Waals surface area (Å²) in [6.07, 6.45) is 5.28. The Labute approximate surface area is 232 Å². The van der Waals surface area contributed by atoms with Crippen molar-refractivity contribution in [3.05, 3.63) is 35.6 Å². The number of likely N-dealkylation sites (tertiary alicyclic amines) is 1. The van der Waals surface area contributed by atoms with Crippen molar-refractivity contribution in [2.75, 3.05) is 26.8 Å². The Morgan fingerprint density at radius 3 is 2.45 bits per heavy atom. The maximum atomic E-state index is 12.9. The van der Waals surface area contributed by atoms with Gasteiger partial charge in [0, 0.05) is 10.9 Å². The van der Waals surface area contributed by atoms with Crippen LogP contribution in [0.4, 0.5) is 8.78 Å². The Hall–Kier alpha value is -2.53. The Kier molecular flexibility index (Phi) is 9.91. The van der Waals surface area contributed by atoms with Crippen molar-refractivity contribution in [1.82, 2.24) is 24.6 Å².